The normalized spacial score (nSPS) is 20.2. The van der Waals surface area contributed by atoms with Crippen LogP contribution >= 0.6 is 12.2 Å². The van der Waals surface area contributed by atoms with Crippen molar-refractivity contribution in [1.29, 1.82) is 0 Å². The van der Waals surface area contributed by atoms with Crippen LogP contribution in [0.4, 0.5) is 0 Å². The van der Waals surface area contributed by atoms with Crippen LogP contribution in [-0.4, -0.2) is 47.9 Å². The molecule has 56 valence electrons. The molecule has 0 saturated carbocycles. The minimum Gasteiger partial charge on any atom is -0.360 e. The van der Waals surface area contributed by atoms with Crippen molar-refractivity contribution in [3.8, 4) is 0 Å². The van der Waals surface area contributed by atoms with Gasteiger partial charge in [-0.1, -0.05) is 12.2 Å². The van der Waals surface area contributed by atoms with Crippen LogP contribution in [-0.2, 0) is 4.79 Å². The lowest BCUT2D eigenvalue weighted by atomic mass is 10.3. The maximum atomic E-state index is 11.1. The monoisotopic (exact) mass is 158 g/mol. The van der Waals surface area contributed by atoms with Crippen molar-refractivity contribution in [2.75, 3.05) is 27.2 Å². The molecule has 0 aromatic rings. The third-order valence-electron chi connectivity index (χ3n) is 1.65. The maximum absolute atomic E-state index is 11.1. The van der Waals surface area contributed by atoms with Gasteiger partial charge in [0.15, 0.2) is 4.99 Å². The van der Waals surface area contributed by atoms with Gasteiger partial charge in [-0.2, -0.15) is 0 Å². The smallest absolute Gasteiger partial charge is 0.281 e. The fraction of sp³-hybridized carbons (Fsp3) is 0.667. The summed E-state index contributed by atoms with van der Waals surface area (Å²) in [5, 5.41) is 0. The summed E-state index contributed by atoms with van der Waals surface area (Å²) in [6, 6.07) is 0. The quantitative estimate of drug-likeness (QED) is 0.453. The Morgan fingerprint density at radius 2 is 1.80 bits per heavy atom. The van der Waals surface area contributed by atoms with Gasteiger partial charge in [0.1, 0.15) is 0 Å². The molecule has 0 unspecified atom stereocenters. The summed E-state index contributed by atoms with van der Waals surface area (Å²) < 4.78 is 0. The molecule has 0 aromatic heterocycles. The Hall–Kier alpha value is -0.640. The second-order valence-electron chi connectivity index (χ2n) is 2.45. The molecule has 0 bridgehead atoms. The number of piperazine rings is 1. The second kappa shape index (κ2) is 2.54. The van der Waals surface area contributed by atoms with E-state index in [0.29, 0.717) is 4.99 Å². The standard InChI is InChI=1S/C6H10N2OS/c1-7-3-4-8(2)6(10)5(7)9/h3-4H2,1-2H3. The van der Waals surface area contributed by atoms with Crippen LogP contribution in [0.5, 0.6) is 0 Å². The molecule has 1 saturated heterocycles. The van der Waals surface area contributed by atoms with E-state index in [0.717, 1.165) is 13.1 Å². The Labute approximate surface area is 65.6 Å². The first-order valence-electron chi connectivity index (χ1n) is 3.13. The largest absolute Gasteiger partial charge is 0.360 e. The second-order valence-corrected chi connectivity index (χ2v) is 2.84. The van der Waals surface area contributed by atoms with Gasteiger partial charge in [-0.3, -0.25) is 4.79 Å². The van der Waals surface area contributed by atoms with E-state index in [4.69, 9.17) is 12.2 Å². The molecule has 1 fully saturated rings. The fourth-order valence-corrected chi connectivity index (χ4v) is 1.08. The van der Waals surface area contributed by atoms with E-state index in [9.17, 15) is 4.79 Å². The van der Waals surface area contributed by atoms with E-state index in [-0.39, 0.29) is 5.91 Å². The Morgan fingerprint density at radius 3 is 2.30 bits per heavy atom. The highest BCUT2D eigenvalue weighted by molar-refractivity contribution is 7.82. The number of nitrogens with zero attached hydrogens (tertiary/aromatic N) is 2. The van der Waals surface area contributed by atoms with Crippen molar-refractivity contribution in [1.82, 2.24) is 9.80 Å². The van der Waals surface area contributed by atoms with E-state index < -0.39 is 0 Å². The lowest BCUT2D eigenvalue weighted by Crippen LogP contribution is -2.50. The van der Waals surface area contributed by atoms with Crippen LogP contribution in [0.25, 0.3) is 0 Å². The Balaban J connectivity index is 2.70. The third kappa shape index (κ3) is 1.11. The van der Waals surface area contributed by atoms with E-state index in [1.165, 1.54) is 0 Å². The Kier molecular flexibility index (Phi) is 1.89. The van der Waals surface area contributed by atoms with Crippen LogP contribution < -0.4 is 0 Å². The Morgan fingerprint density at radius 1 is 1.30 bits per heavy atom. The lowest BCUT2D eigenvalue weighted by Gasteiger charge is -2.30. The molecular weight excluding hydrogens is 148 g/mol. The van der Waals surface area contributed by atoms with Gasteiger partial charge < -0.3 is 9.80 Å². The van der Waals surface area contributed by atoms with E-state index in [1.807, 2.05) is 7.05 Å². The van der Waals surface area contributed by atoms with Gasteiger partial charge in [0.2, 0.25) is 0 Å². The molecule has 0 N–H and O–H groups in total. The van der Waals surface area contributed by atoms with Gasteiger partial charge in [0.25, 0.3) is 5.91 Å². The number of hydrogen-bond acceptors (Lipinski definition) is 2. The first kappa shape index (κ1) is 7.47. The summed E-state index contributed by atoms with van der Waals surface area (Å²) in [7, 11) is 3.61. The van der Waals surface area contributed by atoms with Gasteiger partial charge >= 0.3 is 0 Å². The molecule has 1 aliphatic heterocycles. The summed E-state index contributed by atoms with van der Waals surface area (Å²) >= 11 is 4.86. The molecule has 1 aliphatic rings. The Bertz CT molecular complexity index is 161. The first-order chi connectivity index (χ1) is 4.63. The van der Waals surface area contributed by atoms with Crippen molar-refractivity contribution in [2.45, 2.75) is 0 Å². The van der Waals surface area contributed by atoms with Crippen molar-refractivity contribution in [3.63, 3.8) is 0 Å². The predicted molar refractivity (Wildman–Crippen MR) is 42.9 cm³/mol. The number of rotatable bonds is 0. The summed E-state index contributed by atoms with van der Waals surface area (Å²) in [5.41, 5.74) is 0. The van der Waals surface area contributed by atoms with E-state index in [1.54, 1.807) is 16.8 Å². The lowest BCUT2D eigenvalue weighted by molar-refractivity contribution is -0.124. The number of likely N-dealkylation sites (N-methyl/N-ethyl adjacent to an activating group) is 2. The highest BCUT2D eigenvalue weighted by Gasteiger charge is 2.23. The van der Waals surface area contributed by atoms with E-state index in [2.05, 4.69) is 0 Å². The van der Waals surface area contributed by atoms with Crippen LogP contribution in [0.1, 0.15) is 0 Å². The minimum atomic E-state index is -0.0382. The van der Waals surface area contributed by atoms with Crippen molar-refractivity contribution >= 4 is 23.1 Å². The topological polar surface area (TPSA) is 23.6 Å². The summed E-state index contributed by atoms with van der Waals surface area (Å²) in [6.07, 6.45) is 0. The van der Waals surface area contributed by atoms with Crippen LogP contribution in [0.15, 0.2) is 0 Å². The highest BCUT2D eigenvalue weighted by atomic mass is 32.1. The SMILES string of the molecule is CN1CCN(C)C(=S)C1=O. The van der Waals surface area contributed by atoms with Crippen LogP contribution in [0.3, 0.4) is 0 Å². The molecule has 0 spiro atoms. The van der Waals surface area contributed by atoms with Crippen molar-refractivity contribution in [2.24, 2.45) is 0 Å². The molecule has 0 radical (unpaired) electrons. The van der Waals surface area contributed by atoms with Gasteiger partial charge in [-0.15, -0.1) is 0 Å². The zero-order chi connectivity index (χ0) is 7.72. The maximum Gasteiger partial charge on any atom is 0.281 e. The van der Waals surface area contributed by atoms with Crippen molar-refractivity contribution in [3.05, 3.63) is 0 Å². The zero-order valence-corrected chi connectivity index (χ0v) is 6.94. The van der Waals surface area contributed by atoms with Gasteiger partial charge in [0.05, 0.1) is 0 Å². The molecule has 1 amide bonds. The number of thiocarbonyl (C=S) groups is 1. The molecule has 0 atom stereocenters. The molecule has 0 aromatic carbocycles. The number of hydrogen-bond donors (Lipinski definition) is 0. The highest BCUT2D eigenvalue weighted by Crippen LogP contribution is 2.00. The minimum absolute atomic E-state index is 0.0382. The number of amides is 1. The zero-order valence-electron chi connectivity index (χ0n) is 6.13. The first-order valence-corrected chi connectivity index (χ1v) is 3.54. The third-order valence-corrected chi connectivity index (χ3v) is 2.13. The van der Waals surface area contributed by atoms with E-state index >= 15 is 0 Å². The number of carbonyl (C=O) groups is 1. The molecule has 4 heteroatoms. The molecule has 1 heterocycles. The summed E-state index contributed by atoms with van der Waals surface area (Å²) in [5.74, 6) is -0.0382. The predicted octanol–water partition coefficient (Wildman–Crippen LogP) is -0.282. The number of carbonyl (C=O) groups excluding carboxylic acids is 1. The van der Waals surface area contributed by atoms with Gasteiger partial charge in [-0.25, -0.2) is 0 Å². The van der Waals surface area contributed by atoms with Crippen molar-refractivity contribution < 1.29 is 4.79 Å². The van der Waals surface area contributed by atoms with Gasteiger partial charge in [0, 0.05) is 27.2 Å². The van der Waals surface area contributed by atoms with Crippen LogP contribution in [0, 0.1) is 0 Å². The molecule has 10 heavy (non-hydrogen) atoms. The average Bonchev–Trinajstić information content (AvgIpc) is 1.93. The van der Waals surface area contributed by atoms with Crippen LogP contribution in [0.2, 0.25) is 0 Å². The average molecular weight is 158 g/mol. The molecular formula is C6H10N2OS. The fourth-order valence-electron chi connectivity index (χ4n) is 0.830. The van der Waals surface area contributed by atoms with Gasteiger partial charge in [-0.05, 0) is 0 Å². The molecule has 0 aliphatic carbocycles. The molecule has 1 rings (SSSR count). The summed E-state index contributed by atoms with van der Waals surface area (Å²) in [4.78, 5) is 14.9. The molecule has 3 nitrogen and oxygen atoms in total. The summed E-state index contributed by atoms with van der Waals surface area (Å²) in [6.45, 7) is 1.62.